The molecular weight excluding hydrogens is 254 g/mol. The largest absolute Gasteiger partial charge is 0.288 e. The summed E-state index contributed by atoms with van der Waals surface area (Å²) in [6.45, 7) is 1.16. The molecular formula is C10H13N5O2S. The number of aliphatic imine (C=N–C) groups is 1. The van der Waals surface area contributed by atoms with Gasteiger partial charge in [0.2, 0.25) is 0 Å². The Kier molecular flexibility index (Phi) is 2.84. The van der Waals surface area contributed by atoms with Crippen LogP contribution in [0.5, 0.6) is 0 Å². The van der Waals surface area contributed by atoms with Gasteiger partial charge in [-0.3, -0.25) is 4.99 Å². The van der Waals surface area contributed by atoms with Gasteiger partial charge in [-0.15, -0.1) is 4.83 Å². The van der Waals surface area contributed by atoms with Crippen LogP contribution in [0.1, 0.15) is 24.1 Å². The standard InChI is InChI=1S/C10H13N5O2S/c16-18(17,15-13-3-7-1-2-7)10-12-5-8-4-11-6-9(8)14-10/h5-7,13,15H,1-4H2. The Labute approximate surface area is 105 Å². The van der Waals surface area contributed by atoms with Crippen LogP contribution in [0.15, 0.2) is 16.3 Å². The van der Waals surface area contributed by atoms with E-state index in [2.05, 4.69) is 25.2 Å². The van der Waals surface area contributed by atoms with Crippen LogP contribution in [0.3, 0.4) is 0 Å². The van der Waals surface area contributed by atoms with Crippen molar-refractivity contribution >= 4 is 16.2 Å². The molecule has 0 radical (unpaired) electrons. The maximum atomic E-state index is 11.9. The van der Waals surface area contributed by atoms with E-state index in [0.717, 1.165) is 18.4 Å². The molecule has 18 heavy (non-hydrogen) atoms. The third-order valence-corrected chi connectivity index (χ3v) is 3.98. The molecule has 3 rings (SSSR count). The molecule has 0 aromatic carbocycles. The van der Waals surface area contributed by atoms with Crippen molar-refractivity contribution in [2.24, 2.45) is 10.9 Å². The van der Waals surface area contributed by atoms with Crippen LogP contribution in [0.4, 0.5) is 0 Å². The lowest BCUT2D eigenvalue weighted by molar-refractivity contribution is 0.538. The molecule has 1 fully saturated rings. The Morgan fingerprint density at radius 3 is 3.00 bits per heavy atom. The predicted molar refractivity (Wildman–Crippen MR) is 64.4 cm³/mol. The number of rotatable bonds is 5. The zero-order valence-corrected chi connectivity index (χ0v) is 10.4. The van der Waals surface area contributed by atoms with E-state index in [1.807, 2.05) is 0 Å². The maximum Gasteiger partial charge on any atom is 0.288 e. The molecule has 0 unspecified atom stereocenters. The number of nitrogens with one attached hydrogen (secondary N) is 2. The van der Waals surface area contributed by atoms with E-state index in [4.69, 9.17) is 0 Å². The Hall–Kier alpha value is -1.38. The first-order chi connectivity index (χ1) is 8.65. The number of hydrogen-bond donors (Lipinski definition) is 2. The van der Waals surface area contributed by atoms with Gasteiger partial charge in [-0.2, -0.15) is 0 Å². The van der Waals surface area contributed by atoms with Crippen molar-refractivity contribution in [3.63, 3.8) is 0 Å². The monoisotopic (exact) mass is 267 g/mol. The molecule has 2 heterocycles. The van der Waals surface area contributed by atoms with Gasteiger partial charge >= 0.3 is 0 Å². The molecule has 0 spiro atoms. The van der Waals surface area contributed by atoms with Crippen LogP contribution in [0.2, 0.25) is 0 Å². The van der Waals surface area contributed by atoms with Crippen molar-refractivity contribution < 1.29 is 8.42 Å². The molecule has 0 amide bonds. The average molecular weight is 267 g/mol. The van der Waals surface area contributed by atoms with Crippen LogP contribution >= 0.6 is 0 Å². The highest BCUT2D eigenvalue weighted by Gasteiger charge is 2.23. The number of hydrogen-bond acceptors (Lipinski definition) is 6. The molecule has 1 saturated carbocycles. The van der Waals surface area contributed by atoms with Gasteiger partial charge in [0.15, 0.2) is 0 Å². The summed E-state index contributed by atoms with van der Waals surface area (Å²) in [6.07, 6.45) is 5.37. The van der Waals surface area contributed by atoms with Gasteiger partial charge in [-0.25, -0.2) is 23.8 Å². The van der Waals surface area contributed by atoms with Gasteiger partial charge in [-0.05, 0) is 18.8 Å². The van der Waals surface area contributed by atoms with Crippen LogP contribution in [-0.4, -0.2) is 31.1 Å². The normalized spacial score (nSPS) is 18.0. The number of nitrogens with zero attached hydrogens (tertiary/aromatic N) is 3. The van der Waals surface area contributed by atoms with Crippen molar-refractivity contribution in [2.45, 2.75) is 24.5 Å². The summed E-state index contributed by atoms with van der Waals surface area (Å²) in [7, 11) is -3.69. The van der Waals surface area contributed by atoms with E-state index in [-0.39, 0.29) is 5.16 Å². The molecule has 8 heteroatoms. The van der Waals surface area contributed by atoms with Crippen LogP contribution < -0.4 is 10.3 Å². The number of hydrazine groups is 1. The highest BCUT2D eigenvalue weighted by molar-refractivity contribution is 7.89. The molecule has 0 saturated heterocycles. The van der Waals surface area contributed by atoms with E-state index < -0.39 is 10.0 Å². The molecule has 2 N–H and O–H groups in total. The van der Waals surface area contributed by atoms with Gasteiger partial charge in [0, 0.05) is 24.5 Å². The molecule has 2 aliphatic rings. The smallest absolute Gasteiger partial charge is 0.286 e. The fourth-order valence-electron chi connectivity index (χ4n) is 1.65. The average Bonchev–Trinajstić information content (AvgIpc) is 3.04. The van der Waals surface area contributed by atoms with Gasteiger partial charge < -0.3 is 0 Å². The Bertz CT molecular complexity index is 594. The summed E-state index contributed by atoms with van der Waals surface area (Å²) >= 11 is 0. The Balaban J connectivity index is 1.73. The SMILES string of the molecule is O=S(=O)(NNCC1CC1)c1ncc2c(n1)C=NC2. The van der Waals surface area contributed by atoms with E-state index in [1.165, 1.54) is 6.20 Å². The molecule has 1 aromatic heterocycles. The summed E-state index contributed by atoms with van der Waals surface area (Å²) in [6, 6.07) is 0. The molecule has 7 nitrogen and oxygen atoms in total. The fraction of sp³-hybridized carbons (Fsp3) is 0.500. The van der Waals surface area contributed by atoms with Gasteiger partial charge in [-0.1, -0.05) is 0 Å². The molecule has 0 atom stereocenters. The summed E-state index contributed by atoms with van der Waals surface area (Å²) in [5.74, 6) is 0.584. The molecule has 1 aliphatic carbocycles. The summed E-state index contributed by atoms with van der Waals surface area (Å²) < 4.78 is 23.8. The highest BCUT2D eigenvalue weighted by Crippen LogP contribution is 2.27. The molecule has 1 aromatic rings. The second kappa shape index (κ2) is 4.38. The summed E-state index contributed by atoms with van der Waals surface area (Å²) in [5, 5.41) is -0.224. The first-order valence-electron chi connectivity index (χ1n) is 5.75. The van der Waals surface area contributed by atoms with Gasteiger partial charge in [0.1, 0.15) is 0 Å². The van der Waals surface area contributed by atoms with Crippen molar-refractivity contribution in [2.75, 3.05) is 6.54 Å². The second-order valence-electron chi connectivity index (χ2n) is 4.46. The van der Waals surface area contributed by atoms with E-state index >= 15 is 0 Å². The molecule has 96 valence electrons. The maximum absolute atomic E-state index is 11.9. The second-order valence-corrected chi connectivity index (χ2v) is 6.04. The zero-order valence-electron chi connectivity index (χ0n) is 9.63. The third kappa shape index (κ3) is 2.40. The van der Waals surface area contributed by atoms with Crippen LogP contribution in [-0.2, 0) is 16.6 Å². The lowest BCUT2D eigenvalue weighted by Gasteiger charge is -2.07. The minimum Gasteiger partial charge on any atom is -0.286 e. The van der Waals surface area contributed by atoms with Crippen molar-refractivity contribution in [3.05, 3.63) is 17.5 Å². The number of fused-ring (bicyclic) bond motifs is 1. The Morgan fingerprint density at radius 2 is 2.22 bits per heavy atom. The van der Waals surface area contributed by atoms with Gasteiger partial charge in [0.25, 0.3) is 15.2 Å². The minimum atomic E-state index is -3.69. The summed E-state index contributed by atoms with van der Waals surface area (Å²) in [5.41, 5.74) is 4.13. The first kappa shape index (κ1) is 11.7. The third-order valence-electron chi connectivity index (χ3n) is 2.89. The van der Waals surface area contributed by atoms with E-state index in [9.17, 15) is 8.42 Å². The van der Waals surface area contributed by atoms with Crippen LogP contribution in [0, 0.1) is 5.92 Å². The lowest BCUT2D eigenvalue weighted by Crippen LogP contribution is -2.39. The summed E-state index contributed by atoms with van der Waals surface area (Å²) in [4.78, 5) is 14.1. The lowest BCUT2D eigenvalue weighted by atomic mass is 10.3. The zero-order chi connectivity index (χ0) is 12.6. The van der Waals surface area contributed by atoms with Crippen molar-refractivity contribution in [1.29, 1.82) is 0 Å². The first-order valence-corrected chi connectivity index (χ1v) is 7.24. The number of sulfonamides is 1. The van der Waals surface area contributed by atoms with Crippen molar-refractivity contribution in [3.8, 4) is 0 Å². The molecule has 1 aliphatic heterocycles. The Morgan fingerprint density at radius 1 is 1.39 bits per heavy atom. The van der Waals surface area contributed by atoms with E-state index in [1.54, 1.807) is 6.21 Å². The van der Waals surface area contributed by atoms with Crippen LogP contribution in [0.25, 0.3) is 0 Å². The number of aromatic nitrogens is 2. The minimum absolute atomic E-state index is 0.224. The highest BCUT2D eigenvalue weighted by atomic mass is 32.2. The van der Waals surface area contributed by atoms with Gasteiger partial charge in [0.05, 0.1) is 12.2 Å². The topological polar surface area (TPSA) is 96.3 Å². The van der Waals surface area contributed by atoms with E-state index in [0.29, 0.717) is 24.7 Å². The quantitative estimate of drug-likeness (QED) is 0.559. The molecule has 0 bridgehead atoms. The predicted octanol–water partition coefficient (Wildman–Crippen LogP) is -0.398. The fourth-order valence-corrected chi connectivity index (χ4v) is 2.42. The van der Waals surface area contributed by atoms with Crippen molar-refractivity contribution in [1.82, 2.24) is 20.2 Å².